The van der Waals surface area contributed by atoms with Gasteiger partial charge < -0.3 is 15.0 Å². The number of nitrogens with zero attached hydrogens (tertiary/aromatic N) is 5. The molecule has 1 aromatic carbocycles. The lowest BCUT2D eigenvalue weighted by molar-refractivity contribution is 0.0935. The molecule has 2 N–H and O–H groups in total. The molecule has 1 atom stereocenters. The van der Waals surface area contributed by atoms with E-state index in [0.29, 0.717) is 43.9 Å². The second kappa shape index (κ2) is 10.6. The van der Waals surface area contributed by atoms with Crippen LogP contribution in [0.5, 0.6) is 5.75 Å². The van der Waals surface area contributed by atoms with Crippen molar-refractivity contribution in [1.82, 2.24) is 30.1 Å². The molecule has 6 rings (SSSR count). The molecule has 1 fully saturated rings. The number of rotatable bonds is 6. The number of hydrogen-bond donors (Lipinski definition) is 2. The van der Waals surface area contributed by atoms with Gasteiger partial charge in [0.1, 0.15) is 17.4 Å². The van der Waals surface area contributed by atoms with E-state index in [1.807, 2.05) is 37.5 Å². The average molecular weight is 560 g/mol. The number of ether oxygens (including phenoxy) is 1. The van der Waals surface area contributed by atoms with Crippen LogP contribution in [0.3, 0.4) is 0 Å². The molecule has 1 saturated heterocycles. The molecule has 9 nitrogen and oxygen atoms in total. The largest absolute Gasteiger partial charge is 0.492 e. The lowest BCUT2D eigenvalue weighted by Crippen LogP contribution is -2.36. The van der Waals surface area contributed by atoms with Gasteiger partial charge in [-0.05, 0) is 56.2 Å². The van der Waals surface area contributed by atoms with Crippen molar-refractivity contribution in [2.45, 2.75) is 25.8 Å². The van der Waals surface area contributed by atoms with Crippen molar-refractivity contribution in [3.05, 3.63) is 83.5 Å². The van der Waals surface area contributed by atoms with Crippen LogP contribution in [0.15, 0.2) is 67.1 Å². The molecule has 0 saturated carbocycles. The summed E-state index contributed by atoms with van der Waals surface area (Å²) in [5, 5.41) is 15.8. The molecule has 1 amide bonds. The second-order valence-corrected chi connectivity index (χ2v) is 10.2. The molecule has 204 valence electrons. The van der Waals surface area contributed by atoms with Gasteiger partial charge in [0.05, 0.1) is 40.5 Å². The fourth-order valence-electron chi connectivity index (χ4n) is 5.17. The normalized spacial score (nSPS) is 15.9. The molecule has 0 radical (unpaired) electrons. The van der Waals surface area contributed by atoms with E-state index in [4.69, 9.17) is 21.3 Å². The highest BCUT2D eigenvalue weighted by Gasteiger charge is 2.23. The Morgan fingerprint density at radius 3 is 2.95 bits per heavy atom. The number of H-pyrrole nitrogens is 1. The predicted molar refractivity (Wildman–Crippen MR) is 152 cm³/mol. The number of pyridine rings is 2. The summed E-state index contributed by atoms with van der Waals surface area (Å²) in [5.41, 5.74) is 4.56. The summed E-state index contributed by atoms with van der Waals surface area (Å²) in [6, 6.07) is 9.63. The highest BCUT2D eigenvalue weighted by Crippen LogP contribution is 2.33. The van der Waals surface area contributed by atoms with E-state index >= 15 is 0 Å². The van der Waals surface area contributed by atoms with Crippen LogP contribution in [-0.4, -0.2) is 56.4 Å². The van der Waals surface area contributed by atoms with E-state index in [-0.39, 0.29) is 16.6 Å². The van der Waals surface area contributed by atoms with Gasteiger partial charge in [-0.3, -0.25) is 9.89 Å². The van der Waals surface area contributed by atoms with Crippen LogP contribution >= 0.6 is 11.6 Å². The number of hydrogen-bond acceptors (Lipinski definition) is 6. The molecule has 5 aromatic rings. The maximum Gasteiger partial charge on any atom is 0.253 e. The first-order chi connectivity index (χ1) is 19.4. The Balaban J connectivity index is 1.22. The summed E-state index contributed by atoms with van der Waals surface area (Å²) in [7, 11) is 0. The Bertz CT molecular complexity index is 1730. The summed E-state index contributed by atoms with van der Waals surface area (Å²) in [4.78, 5) is 19.7. The summed E-state index contributed by atoms with van der Waals surface area (Å²) >= 11 is 6.12. The number of carbonyl (C=O) groups is 1. The first-order valence-corrected chi connectivity index (χ1v) is 13.4. The van der Waals surface area contributed by atoms with E-state index in [2.05, 4.69) is 32.1 Å². The number of fused-ring (bicyclic) bond motifs is 3. The molecule has 11 heteroatoms. The minimum atomic E-state index is -0.506. The topological polar surface area (TPSA) is 100 Å². The molecule has 0 unspecified atom stereocenters. The zero-order valence-corrected chi connectivity index (χ0v) is 22.6. The summed E-state index contributed by atoms with van der Waals surface area (Å²) in [5.74, 6) is 0.617. The van der Waals surface area contributed by atoms with Gasteiger partial charge in [0.2, 0.25) is 0 Å². The Hall–Kier alpha value is -4.44. The van der Waals surface area contributed by atoms with E-state index in [9.17, 15) is 9.18 Å². The summed E-state index contributed by atoms with van der Waals surface area (Å²) < 4.78 is 21.3. The molecular formula is C29H27ClFN7O2. The summed E-state index contributed by atoms with van der Waals surface area (Å²) in [6.45, 7) is 7.98. The Morgan fingerprint density at radius 2 is 2.15 bits per heavy atom. The maximum atomic E-state index is 13.7. The Morgan fingerprint density at radius 1 is 1.27 bits per heavy atom. The third-order valence-electron chi connectivity index (χ3n) is 7.00. The third-order valence-corrected chi connectivity index (χ3v) is 7.33. The monoisotopic (exact) mass is 559 g/mol. The number of benzene rings is 1. The molecule has 0 spiro atoms. The molecule has 0 bridgehead atoms. The number of amides is 1. The van der Waals surface area contributed by atoms with E-state index in [1.54, 1.807) is 10.7 Å². The van der Waals surface area contributed by atoms with E-state index in [0.717, 1.165) is 39.5 Å². The lowest BCUT2D eigenvalue weighted by Gasteiger charge is -2.22. The minimum absolute atomic E-state index is 0.124. The average Bonchev–Trinajstić information content (AvgIpc) is 3.47. The number of carbonyl (C=O) groups excluding carboxylic acids is 1. The second-order valence-electron chi connectivity index (χ2n) is 9.81. The molecular weight excluding hydrogens is 533 g/mol. The summed E-state index contributed by atoms with van der Waals surface area (Å²) in [6.07, 6.45) is 6.75. The number of aromatic nitrogens is 5. The SMILES string of the molecule is C=C1C[C@@H](NC(=O)c2cc(F)ccc2Cl)CCN(c2ccc(-c3cc(OCC)cn4nc5[nH]ncc5c34)cn2)C1. The standard InChI is InChI=1S/C29H27ClFN7O2/c1-3-40-21-12-22(27-24-14-33-35-28(24)36-38(27)16-21)18-4-7-26(32-13-18)37-9-8-20(10-17(2)15-37)34-29(39)23-11-19(31)5-6-25(23)30/h4-7,11-14,16,20H,2-3,8-10,15H2,1H3,(H,34,39)(H,35,36)/t20-/m0/s1. The van der Waals surface area contributed by atoms with Gasteiger partial charge in [-0.25, -0.2) is 13.9 Å². The van der Waals surface area contributed by atoms with Gasteiger partial charge in [0.15, 0.2) is 5.65 Å². The van der Waals surface area contributed by atoms with Gasteiger partial charge in [0, 0.05) is 36.5 Å². The zero-order valence-electron chi connectivity index (χ0n) is 21.8. The van der Waals surface area contributed by atoms with Crippen LogP contribution in [0.4, 0.5) is 10.2 Å². The van der Waals surface area contributed by atoms with Crippen LogP contribution in [0.2, 0.25) is 5.02 Å². The first kappa shape index (κ1) is 25.8. The van der Waals surface area contributed by atoms with Gasteiger partial charge in [-0.15, -0.1) is 5.10 Å². The number of anilines is 1. The van der Waals surface area contributed by atoms with Crippen LogP contribution in [0.25, 0.3) is 27.7 Å². The highest BCUT2D eigenvalue weighted by molar-refractivity contribution is 6.33. The van der Waals surface area contributed by atoms with Crippen LogP contribution in [0.1, 0.15) is 30.1 Å². The van der Waals surface area contributed by atoms with Gasteiger partial charge in [-0.1, -0.05) is 23.8 Å². The molecule has 1 aliphatic rings. The number of halogens is 2. The minimum Gasteiger partial charge on any atom is -0.492 e. The van der Waals surface area contributed by atoms with Crippen molar-refractivity contribution < 1.29 is 13.9 Å². The van der Waals surface area contributed by atoms with Gasteiger partial charge in [0.25, 0.3) is 5.91 Å². The van der Waals surface area contributed by atoms with Crippen molar-refractivity contribution in [3.63, 3.8) is 0 Å². The number of nitrogens with one attached hydrogen (secondary N) is 2. The highest BCUT2D eigenvalue weighted by atomic mass is 35.5. The molecule has 0 aliphatic carbocycles. The molecule has 5 heterocycles. The van der Waals surface area contributed by atoms with Crippen molar-refractivity contribution in [3.8, 4) is 16.9 Å². The fourth-order valence-corrected chi connectivity index (χ4v) is 5.37. The molecule has 40 heavy (non-hydrogen) atoms. The van der Waals surface area contributed by atoms with Crippen LogP contribution in [0, 0.1) is 5.82 Å². The van der Waals surface area contributed by atoms with Gasteiger partial charge in [-0.2, -0.15) is 5.10 Å². The Kier molecular flexibility index (Phi) is 6.85. The van der Waals surface area contributed by atoms with Crippen LogP contribution < -0.4 is 15.0 Å². The quantitative estimate of drug-likeness (QED) is 0.270. The Labute approximate surface area is 234 Å². The third kappa shape index (κ3) is 4.98. The van der Waals surface area contributed by atoms with Crippen molar-refractivity contribution in [1.29, 1.82) is 0 Å². The first-order valence-electron chi connectivity index (χ1n) is 13.0. The zero-order chi connectivity index (χ0) is 27.8. The van der Waals surface area contributed by atoms with Crippen molar-refractivity contribution in [2.75, 3.05) is 24.6 Å². The maximum absolute atomic E-state index is 13.7. The van der Waals surface area contributed by atoms with E-state index in [1.165, 1.54) is 12.1 Å². The molecule has 4 aromatic heterocycles. The lowest BCUT2D eigenvalue weighted by atomic mass is 10.1. The molecule has 1 aliphatic heterocycles. The van der Waals surface area contributed by atoms with Crippen LogP contribution in [-0.2, 0) is 0 Å². The predicted octanol–water partition coefficient (Wildman–Crippen LogP) is 5.42. The van der Waals surface area contributed by atoms with E-state index < -0.39 is 11.7 Å². The fraction of sp³-hybridized carbons (Fsp3) is 0.241. The smallest absolute Gasteiger partial charge is 0.253 e. The number of aromatic amines is 1. The van der Waals surface area contributed by atoms with Crippen molar-refractivity contribution >= 4 is 39.9 Å². The van der Waals surface area contributed by atoms with Gasteiger partial charge >= 0.3 is 0 Å². The van der Waals surface area contributed by atoms with Crippen molar-refractivity contribution in [2.24, 2.45) is 0 Å².